The Bertz CT molecular complexity index is 563. The van der Waals surface area contributed by atoms with Crippen LogP contribution in [0, 0.1) is 5.92 Å². The molecule has 0 saturated heterocycles. The van der Waals surface area contributed by atoms with Crippen molar-refractivity contribution in [3.05, 3.63) is 35.9 Å². The standard InChI is InChI=1S/C19H30N4O3/c20-22-17(24)14-10-5-3-1-2-4-9-13-16(19(26)23-21)18(25)15-11-7-6-8-12-15/h6-8,11-12,16H,1-5,9-10,13-14,20-21H2,(H,22,24)(H,23,26). The second-order valence-corrected chi connectivity index (χ2v) is 6.37. The number of Topliss-reactive ketones (excluding diaryl/α,β-unsaturated/α-hetero) is 1. The fourth-order valence-corrected chi connectivity index (χ4v) is 2.88. The Kier molecular flexibility index (Phi) is 10.9. The van der Waals surface area contributed by atoms with Crippen LogP contribution >= 0.6 is 0 Å². The van der Waals surface area contributed by atoms with Crippen LogP contribution in [0.5, 0.6) is 0 Å². The van der Waals surface area contributed by atoms with Gasteiger partial charge >= 0.3 is 0 Å². The van der Waals surface area contributed by atoms with E-state index < -0.39 is 11.8 Å². The van der Waals surface area contributed by atoms with Gasteiger partial charge in [0.2, 0.25) is 11.8 Å². The monoisotopic (exact) mass is 362 g/mol. The summed E-state index contributed by atoms with van der Waals surface area (Å²) in [6.45, 7) is 0. The minimum atomic E-state index is -0.739. The highest BCUT2D eigenvalue weighted by Gasteiger charge is 2.26. The van der Waals surface area contributed by atoms with Crippen LogP contribution in [0.25, 0.3) is 0 Å². The van der Waals surface area contributed by atoms with Crippen LogP contribution in [0.3, 0.4) is 0 Å². The molecule has 7 nitrogen and oxygen atoms in total. The molecule has 26 heavy (non-hydrogen) atoms. The average Bonchev–Trinajstić information content (AvgIpc) is 2.68. The molecular formula is C19H30N4O3. The molecule has 7 heteroatoms. The van der Waals surface area contributed by atoms with Gasteiger partial charge in [-0.2, -0.15) is 0 Å². The van der Waals surface area contributed by atoms with E-state index in [4.69, 9.17) is 11.7 Å². The average molecular weight is 362 g/mol. The number of hydrogen-bond donors (Lipinski definition) is 4. The van der Waals surface area contributed by atoms with Crippen molar-refractivity contribution in [1.82, 2.24) is 10.9 Å². The predicted octanol–water partition coefficient (Wildman–Crippen LogP) is 1.98. The summed E-state index contributed by atoms with van der Waals surface area (Å²) < 4.78 is 0. The Morgan fingerprint density at radius 1 is 0.808 bits per heavy atom. The molecule has 0 aromatic heterocycles. The maximum atomic E-state index is 12.5. The van der Waals surface area contributed by atoms with Crippen molar-refractivity contribution in [3.63, 3.8) is 0 Å². The maximum Gasteiger partial charge on any atom is 0.244 e. The third kappa shape index (κ3) is 8.22. The first-order chi connectivity index (χ1) is 12.6. The zero-order valence-electron chi connectivity index (χ0n) is 15.2. The first kappa shape index (κ1) is 21.8. The van der Waals surface area contributed by atoms with Crippen LogP contribution in [-0.4, -0.2) is 17.6 Å². The fourth-order valence-electron chi connectivity index (χ4n) is 2.88. The molecule has 1 unspecified atom stereocenters. The molecule has 0 fully saturated rings. The number of hydrogen-bond acceptors (Lipinski definition) is 5. The molecular weight excluding hydrogens is 332 g/mol. The number of ketones is 1. The van der Waals surface area contributed by atoms with Gasteiger partial charge in [-0.3, -0.25) is 25.2 Å². The first-order valence-electron chi connectivity index (χ1n) is 9.19. The number of hydrazine groups is 2. The van der Waals surface area contributed by atoms with E-state index in [1.54, 1.807) is 24.3 Å². The van der Waals surface area contributed by atoms with Gasteiger partial charge in [0.1, 0.15) is 5.92 Å². The number of nitrogens with two attached hydrogens (primary N) is 2. The van der Waals surface area contributed by atoms with Crippen LogP contribution in [0.1, 0.15) is 68.1 Å². The summed E-state index contributed by atoms with van der Waals surface area (Å²) >= 11 is 0. The molecule has 0 bridgehead atoms. The third-order valence-corrected chi connectivity index (χ3v) is 4.39. The predicted molar refractivity (Wildman–Crippen MR) is 100 cm³/mol. The van der Waals surface area contributed by atoms with Crippen molar-refractivity contribution in [1.29, 1.82) is 0 Å². The van der Waals surface area contributed by atoms with Gasteiger partial charge in [-0.05, 0) is 12.8 Å². The van der Waals surface area contributed by atoms with Crippen molar-refractivity contribution in [2.24, 2.45) is 17.6 Å². The molecule has 0 saturated carbocycles. The lowest BCUT2D eigenvalue weighted by molar-refractivity contribution is -0.124. The largest absolute Gasteiger partial charge is 0.294 e. The van der Waals surface area contributed by atoms with Crippen molar-refractivity contribution < 1.29 is 14.4 Å². The Labute approximate surface area is 154 Å². The second kappa shape index (κ2) is 13.0. The molecule has 144 valence electrons. The van der Waals surface area contributed by atoms with Gasteiger partial charge in [-0.1, -0.05) is 68.9 Å². The molecule has 0 radical (unpaired) electrons. The molecule has 0 aliphatic carbocycles. The highest BCUT2D eigenvalue weighted by Crippen LogP contribution is 2.18. The number of carbonyl (C=O) groups excluding carboxylic acids is 3. The maximum absolute atomic E-state index is 12.5. The summed E-state index contributed by atoms with van der Waals surface area (Å²) in [5.41, 5.74) is 4.75. The number of benzene rings is 1. The number of rotatable bonds is 13. The lowest BCUT2D eigenvalue weighted by atomic mass is 9.91. The van der Waals surface area contributed by atoms with E-state index in [0.717, 1.165) is 44.9 Å². The summed E-state index contributed by atoms with van der Waals surface area (Å²) in [4.78, 5) is 35.4. The van der Waals surface area contributed by atoms with Gasteiger partial charge in [0, 0.05) is 12.0 Å². The topological polar surface area (TPSA) is 127 Å². The summed E-state index contributed by atoms with van der Waals surface area (Å²) in [5.74, 6) is 8.76. The van der Waals surface area contributed by atoms with E-state index in [9.17, 15) is 14.4 Å². The SMILES string of the molecule is NNC(=O)CCCCCCCCCC(C(=O)NN)C(=O)c1ccccc1. The lowest BCUT2D eigenvalue weighted by Gasteiger charge is -2.14. The molecule has 1 aromatic rings. The molecule has 1 rings (SSSR count). The van der Waals surface area contributed by atoms with Crippen molar-refractivity contribution >= 4 is 17.6 Å². The first-order valence-corrected chi connectivity index (χ1v) is 9.19. The van der Waals surface area contributed by atoms with E-state index in [1.165, 1.54) is 0 Å². The Morgan fingerprint density at radius 2 is 1.38 bits per heavy atom. The zero-order chi connectivity index (χ0) is 19.2. The highest BCUT2D eigenvalue weighted by atomic mass is 16.2. The van der Waals surface area contributed by atoms with Gasteiger partial charge in [0.05, 0.1) is 0 Å². The summed E-state index contributed by atoms with van der Waals surface area (Å²) in [5, 5.41) is 0. The van der Waals surface area contributed by atoms with E-state index >= 15 is 0 Å². The lowest BCUT2D eigenvalue weighted by Crippen LogP contribution is -2.39. The molecule has 1 atom stereocenters. The number of amides is 2. The normalized spacial score (nSPS) is 11.6. The Balaban J connectivity index is 2.26. The van der Waals surface area contributed by atoms with Gasteiger partial charge in [-0.25, -0.2) is 11.7 Å². The summed E-state index contributed by atoms with van der Waals surface area (Å²) in [6.07, 6.45) is 7.73. The van der Waals surface area contributed by atoms with Crippen LogP contribution < -0.4 is 22.5 Å². The van der Waals surface area contributed by atoms with E-state index in [-0.39, 0.29) is 11.7 Å². The molecule has 0 heterocycles. The Hall–Kier alpha value is -2.25. The number of unbranched alkanes of at least 4 members (excludes halogenated alkanes) is 6. The number of carbonyl (C=O) groups is 3. The molecule has 0 aliphatic rings. The quantitative estimate of drug-likeness (QED) is 0.107. The minimum absolute atomic E-state index is 0.127. The summed E-state index contributed by atoms with van der Waals surface area (Å²) in [7, 11) is 0. The van der Waals surface area contributed by atoms with Crippen molar-refractivity contribution in [2.75, 3.05) is 0 Å². The molecule has 6 N–H and O–H groups in total. The van der Waals surface area contributed by atoms with Gasteiger partial charge < -0.3 is 0 Å². The smallest absolute Gasteiger partial charge is 0.244 e. The zero-order valence-corrected chi connectivity index (χ0v) is 15.2. The van der Waals surface area contributed by atoms with Crippen LogP contribution in [0.2, 0.25) is 0 Å². The molecule has 2 amide bonds. The van der Waals surface area contributed by atoms with E-state index in [2.05, 4.69) is 10.9 Å². The minimum Gasteiger partial charge on any atom is -0.294 e. The highest BCUT2D eigenvalue weighted by molar-refractivity contribution is 6.09. The van der Waals surface area contributed by atoms with Crippen molar-refractivity contribution in [3.8, 4) is 0 Å². The fraction of sp³-hybridized carbons (Fsp3) is 0.526. The number of nitrogens with one attached hydrogen (secondary N) is 2. The van der Waals surface area contributed by atoms with Crippen LogP contribution in [-0.2, 0) is 9.59 Å². The van der Waals surface area contributed by atoms with E-state index in [1.807, 2.05) is 6.07 Å². The van der Waals surface area contributed by atoms with Gasteiger partial charge in [0.25, 0.3) is 0 Å². The van der Waals surface area contributed by atoms with E-state index in [0.29, 0.717) is 18.4 Å². The van der Waals surface area contributed by atoms with Crippen LogP contribution in [0.15, 0.2) is 30.3 Å². The van der Waals surface area contributed by atoms with Crippen LogP contribution in [0.4, 0.5) is 0 Å². The second-order valence-electron chi connectivity index (χ2n) is 6.37. The molecule has 1 aromatic carbocycles. The van der Waals surface area contributed by atoms with Gasteiger partial charge in [-0.15, -0.1) is 0 Å². The molecule has 0 aliphatic heterocycles. The summed E-state index contributed by atoms with van der Waals surface area (Å²) in [6, 6.07) is 8.81. The molecule has 0 spiro atoms. The Morgan fingerprint density at radius 3 is 1.96 bits per heavy atom. The van der Waals surface area contributed by atoms with Crippen molar-refractivity contribution in [2.45, 2.75) is 57.8 Å². The third-order valence-electron chi connectivity index (χ3n) is 4.39. The van der Waals surface area contributed by atoms with Gasteiger partial charge in [0.15, 0.2) is 5.78 Å².